The number of hydrogen-bond acceptors (Lipinski definition) is 10. The number of fused-ring (bicyclic) bond motifs is 6. The van der Waals surface area contributed by atoms with Crippen molar-refractivity contribution in [1.82, 2.24) is 19.1 Å². The summed E-state index contributed by atoms with van der Waals surface area (Å²) in [6, 6.07) is 22.7. The van der Waals surface area contributed by atoms with Gasteiger partial charge in [-0.2, -0.15) is 0 Å². The van der Waals surface area contributed by atoms with Crippen molar-refractivity contribution in [2.45, 2.75) is 32.4 Å². The van der Waals surface area contributed by atoms with Gasteiger partial charge in [-0.25, -0.2) is 19.6 Å². The third kappa shape index (κ3) is 6.08. The topological polar surface area (TPSA) is 113 Å². The Kier molecular flexibility index (Phi) is 8.92. The Morgan fingerprint density at radius 2 is 1.11 bits per heavy atom. The van der Waals surface area contributed by atoms with Crippen LogP contribution in [0.4, 0.5) is 0 Å². The molecule has 0 radical (unpaired) electrons. The first kappa shape index (κ1) is 33.8. The zero-order valence-electron chi connectivity index (χ0n) is 28.6. The molecule has 0 aliphatic carbocycles. The largest absolute Gasteiger partial charge is 0.461 e. The molecule has 2 unspecified atom stereocenters. The fourth-order valence-corrected chi connectivity index (χ4v) is 8.53. The second-order valence-electron chi connectivity index (χ2n) is 12.3. The van der Waals surface area contributed by atoms with Crippen LogP contribution in [0, 0.1) is 24.7 Å². The van der Waals surface area contributed by atoms with Crippen LogP contribution in [0.5, 0.6) is 0 Å². The highest BCUT2D eigenvalue weighted by atomic mass is 32.1. The molecule has 53 heavy (non-hydrogen) atoms. The van der Waals surface area contributed by atoms with Crippen molar-refractivity contribution < 1.29 is 19.1 Å². The molecule has 6 heterocycles. The van der Waals surface area contributed by atoms with Gasteiger partial charge in [-0.15, -0.1) is 35.5 Å². The van der Waals surface area contributed by atoms with Crippen LogP contribution in [0.25, 0.3) is 11.4 Å². The number of carbonyl (C=O) groups excluding carboxylic acids is 2. The number of ether oxygens (including phenoxy) is 2. The number of carbonyl (C=O) groups is 2. The highest BCUT2D eigenvalue weighted by molar-refractivity contribution is 7.15. The number of aliphatic imine (C=N–C) groups is 2. The van der Waals surface area contributed by atoms with Crippen molar-refractivity contribution in [2.24, 2.45) is 9.98 Å². The summed E-state index contributed by atoms with van der Waals surface area (Å²) in [6.45, 7) is 3.85. The zero-order valence-corrected chi connectivity index (χ0v) is 30.3. The van der Waals surface area contributed by atoms with Gasteiger partial charge in [-0.05, 0) is 26.0 Å². The van der Waals surface area contributed by atoms with Gasteiger partial charge in [0, 0.05) is 17.5 Å². The molecule has 0 saturated heterocycles. The van der Waals surface area contributed by atoms with Crippen LogP contribution in [0.2, 0.25) is 0 Å². The molecule has 0 amide bonds. The summed E-state index contributed by atoms with van der Waals surface area (Å²) in [4.78, 5) is 49.0. The minimum Gasteiger partial charge on any atom is -0.461 e. The lowest BCUT2D eigenvalue weighted by Gasteiger charge is -2.12. The molecule has 2 aromatic carbocycles. The van der Waals surface area contributed by atoms with E-state index in [4.69, 9.17) is 32.3 Å². The number of imidazole rings is 2. The van der Waals surface area contributed by atoms with Crippen LogP contribution in [-0.4, -0.2) is 55.7 Å². The van der Waals surface area contributed by atoms with Gasteiger partial charge in [0.25, 0.3) is 0 Å². The van der Waals surface area contributed by atoms with E-state index in [0.29, 0.717) is 11.4 Å². The maximum atomic E-state index is 13.4. The third-order valence-electron chi connectivity index (χ3n) is 8.94. The molecule has 0 fully saturated rings. The number of terminal acetylenes is 2. The summed E-state index contributed by atoms with van der Waals surface area (Å²) < 4.78 is 15.0. The van der Waals surface area contributed by atoms with Gasteiger partial charge in [0.1, 0.15) is 12.7 Å². The normalized spacial score (nSPS) is 15.5. The van der Waals surface area contributed by atoms with Crippen molar-refractivity contribution in [3.8, 4) is 36.1 Å². The SMILES string of the molecule is C#Cc1cc2c(s1)C(c1ccccc1)=NC(C)c1c(C(=O)OCCCOC(=O)c3ncn4c3C(C)N=C(c3ccccc3)c3sc(C#C)cc3-4)ncn1-2. The molecule has 0 spiro atoms. The smallest absolute Gasteiger partial charge is 0.358 e. The third-order valence-corrected chi connectivity index (χ3v) is 11.1. The molecule has 10 nitrogen and oxygen atoms in total. The Labute approximate surface area is 313 Å². The van der Waals surface area contributed by atoms with Crippen molar-refractivity contribution >= 4 is 46.0 Å². The molecular formula is C41H30N6O4S2. The van der Waals surface area contributed by atoms with Crippen molar-refractivity contribution in [3.63, 3.8) is 0 Å². The first-order valence-corrected chi connectivity index (χ1v) is 18.5. The molecular weight excluding hydrogens is 705 g/mol. The van der Waals surface area contributed by atoms with Gasteiger partial charge in [-0.1, -0.05) is 72.5 Å². The highest BCUT2D eigenvalue weighted by Gasteiger charge is 2.32. The second-order valence-corrected chi connectivity index (χ2v) is 14.4. The Morgan fingerprint density at radius 1 is 0.698 bits per heavy atom. The Hall–Kier alpha value is -6.34. The number of esters is 2. The maximum absolute atomic E-state index is 13.4. The molecule has 0 saturated carbocycles. The van der Waals surface area contributed by atoms with Crippen molar-refractivity contribution in [3.05, 3.63) is 139 Å². The van der Waals surface area contributed by atoms with E-state index in [9.17, 15) is 9.59 Å². The minimum absolute atomic E-state index is 0.00578. The summed E-state index contributed by atoms with van der Waals surface area (Å²) in [6.07, 6.45) is 15.0. The Balaban J connectivity index is 0.959. The monoisotopic (exact) mass is 734 g/mol. The van der Waals surface area contributed by atoms with E-state index < -0.39 is 24.0 Å². The summed E-state index contributed by atoms with van der Waals surface area (Å²) in [7, 11) is 0. The van der Waals surface area contributed by atoms with Crippen LogP contribution in [-0.2, 0) is 9.47 Å². The maximum Gasteiger partial charge on any atom is 0.358 e. The predicted octanol–water partition coefficient (Wildman–Crippen LogP) is 7.37. The molecule has 0 N–H and O–H groups in total. The number of rotatable bonds is 8. The van der Waals surface area contributed by atoms with E-state index in [2.05, 4.69) is 21.8 Å². The molecule has 6 aromatic rings. The van der Waals surface area contributed by atoms with E-state index >= 15 is 0 Å². The van der Waals surface area contributed by atoms with Crippen LogP contribution in [0.15, 0.2) is 95.4 Å². The van der Waals surface area contributed by atoms with Gasteiger partial charge < -0.3 is 9.47 Å². The number of hydrogen-bond donors (Lipinski definition) is 0. The quantitative estimate of drug-likeness (QED) is 0.0917. The van der Waals surface area contributed by atoms with Gasteiger partial charge in [0.15, 0.2) is 11.4 Å². The van der Waals surface area contributed by atoms with E-state index in [1.807, 2.05) is 95.8 Å². The molecule has 2 aliphatic heterocycles. The number of nitrogens with zero attached hydrogens (tertiary/aromatic N) is 6. The summed E-state index contributed by atoms with van der Waals surface area (Å²) in [5, 5.41) is 0. The van der Waals surface area contributed by atoms with Crippen molar-refractivity contribution in [1.29, 1.82) is 0 Å². The van der Waals surface area contributed by atoms with Gasteiger partial charge >= 0.3 is 11.9 Å². The molecule has 2 atom stereocenters. The number of thiophene rings is 2. The number of aromatic nitrogens is 4. The van der Waals surface area contributed by atoms with Crippen LogP contribution in [0.3, 0.4) is 0 Å². The lowest BCUT2D eigenvalue weighted by Crippen LogP contribution is -2.15. The number of benzene rings is 2. The lowest BCUT2D eigenvalue weighted by atomic mass is 10.1. The van der Waals surface area contributed by atoms with Crippen LogP contribution >= 0.6 is 22.7 Å². The molecule has 4 aromatic heterocycles. The van der Waals surface area contributed by atoms with Gasteiger partial charge in [0.05, 0.1) is 79.0 Å². The average Bonchev–Trinajstić information content (AvgIpc) is 3.98. The van der Waals surface area contributed by atoms with Crippen LogP contribution in [0.1, 0.15) is 95.4 Å². The van der Waals surface area contributed by atoms with E-state index in [1.54, 1.807) is 12.7 Å². The lowest BCUT2D eigenvalue weighted by molar-refractivity contribution is 0.0387. The van der Waals surface area contributed by atoms with E-state index in [1.165, 1.54) is 22.7 Å². The van der Waals surface area contributed by atoms with E-state index in [0.717, 1.165) is 53.4 Å². The fourth-order valence-electron chi connectivity index (χ4n) is 6.57. The highest BCUT2D eigenvalue weighted by Crippen LogP contribution is 2.38. The molecule has 0 bridgehead atoms. The second kappa shape index (κ2) is 14.0. The molecule has 12 heteroatoms. The average molecular weight is 735 g/mol. The van der Waals surface area contributed by atoms with E-state index in [-0.39, 0.29) is 31.0 Å². The summed E-state index contributed by atoms with van der Waals surface area (Å²) >= 11 is 2.94. The fraction of sp³-hybridized carbons (Fsp3) is 0.171. The van der Waals surface area contributed by atoms with Gasteiger partial charge in [0.2, 0.25) is 0 Å². The summed E-state index contributed by atoms with van der Waals surface area (Å²) in [5.41, 5.74) is 6.64. The van der Waals surface area contributed by atoms with Gasteiger partial charge in [-0.3, -0.25) is 19.1 Å². The molecule has 2 aliphatic rings. The Bertz CT molecular complexity index is 2370. The first-order valence-electron chi connectivity index (χ1n) is 16.8. The summed E-state index contributed by atoms with van der Waals surface area (Å²) in [5.74, 6) is 4.26. The standard InChI is InChI=1S/C41H30N6O4S2/c1-5-28-20-30-38(52-28)32(26-14-9-7-10-15-26)44-24(3)36-34(42-22-46(30)36)40(48)50-18-13-19-51-41(49)35-37-25(4)45-33(27-16-11-8-12-17-27)39-31(47(37)23-43-35)21-29(6-2)53-39/h1-2,7-12,14-17,20-25H,13,18-19H2,3-4H3. The minimum atomic E-state index is -0.595. The predicted molar refractivity (Wildman–Crippen MR) is 205 cm³/mol. The Morgan fingerprint density at radius 3 is 1.51 bits per heavy atom. The molecule has 8 rings (SSSR count). The zero-order chi connectivity index (χ0) is 36.6. The first-order chi connectivity index (χ1) is 25.9. The van der Waals surface area contributed by atoms with Crippen molar-refractivity contribution in [2.75, 3.05) is 13.2 Å². The van der Waals surface area contributed by atoms with Crippen LogP contribution < -0.4 is 0 Å². The molecule has 260 valence electrons.